The molecule has 1 N–H and O–H groups in total. The Hall–Kier alpha value is -2.45. The Kier molecular flexibility index (Phi) is 5.76. The van der Waals surface area contributed by atoms with Crippen molar-refractivity contribution in [2.45, 2.75) is 25.1 Å². The Balaban J connectivity index is 1.99. The van der Waals surface area contributed by atoms with E-state index in [-0.39, 0.29) is 31.8 Å². The van der Waals surface area contributed by atoms with Crippen LogP contribution in [0.1, 0.15) is 23.2 Å². The van der Waals surface area contributed by atoms with Gasteiger partial charge in [-0.1, -0.05) is 0 Å². The van der Waals surface area contributed by atoms with Gasteiger partial charge in [0.15, 0.2) is 0 Å². The van der Waals surface area contributed by atoms with Crippen molar-refractivity contribution in [2.24, 2.45) is 0 Å². The van der Waals surface area contributed by atoms with Crippen LogP contribution < -0.4 is 14.8 Å². The largest absolute Gasteiger partial charge is 0.497 e. The summed E-state index contributed by atoms with van der Waals surface area (Å²) in [5.41, 5.74) is 0.369. The number of methoxy groups -OCH3 is 2. The summed E-state index contributed by atoms with van der Waals surface area (Å²) in [6.07, 6.45) is -4.38. The lowest BCUT2D eigenvalue weighted by Crippen LogP contribution is -2.49. The molecule has 25 heavy (non-hydrogen) atoms. The van der Waals surface area contributed by atoms with Gasteiger partial charge in [0.2, 0.25) is 0 Å². The molecule has 0 bridgehead atoms. The second-order valence-electron chi connectivity index (χ2n) is 5.64. The van der Waals surface area contributed by atoms with Gasteiger partial charge in [0, 0.05) is 30.8 Å². The zero-order valence-corrected chi connectivity index (χ0v) is 13.9. The number of nitrogens with one attached hydrogen (secondary N) is 1. The number of amides is 2. The van der Waals surface area contributed by atoms with Crippen LogP contribution in [-0.2, 0) is 4.79 Å². The number of likely N-dealkylation sites (tertiary alicyclic amines) is 1. The minimum absolute atomic E-state index is 0.251. The molecule has 1 aromatic carbocycles. The second kappa shape index (κ2) is 7.62. The van der Waals surface area contributed by atoms with Crippen LogP contribution in [0.15, 0.2) is 18.2 Å². The van der Waals surface area contributed by atoms with Gasteiger partial charge in [0.25, 0.3) is 5.91 Å². The third-order valence-corrected chi connectivity index (χ3v) is 3.97. The number of carbonyl (C=O) groups excluding carboxylic acids is 2. The zero-order chi connectivity index (χ0) is 18.6. The highest BCUT2D eigenvalue weighted by Crippen LogP contribution is 2.24. The normalized spacial score (nSPS) is 15.6. The highest BCUT2D eigenvalue weighted by Gasteiger charge is 2.40. The molecule has 0 radical (unpaired) electrons. The topological polar surface area (TPSA) is 67.9 Å². The fourth-order valence-electron chi connectivity index (χ4n) is 2.61. The summed E-state index contributed by atoms with van der Waals surface area (Å²) in [5.74, 6) is -1.28. The van der Waals surface area contributed by atoms with E-state index in [1.807, 2.05) is 5.32 Å². The number of nitrogens with zero attached hydrogens (tertiary/aromatic N) is 1. The fourth-order valence-corrected chi connectivity index (χ4v) is 2.61. The first-order valence-corrected chi connectivity index (χ1v) is 7.64. The molecule has 2 amide bonds. The molecule has 1 heterocycles. The standard InChI is InChI=1S/C16H19F3N2O4/c1-24-12-7-10(8-13(9-12)25-2)14(22)21-5-3-11(4-6-21)20-15(23)16(17,18)19/h7-9,11H,3-6H2,1-2H3,(H,20,23). The molecule has 138 valence electrons. The molecular formula is C16H19F3N2O4. The SMILES string of the molecule is COc1cc(OC)cc(C(=O)N2CCC(NC(=O)C(F)(F)F)CC2)c1. The van der Waals surface area contributed by atoms with Crippen LogP contribution in [0.25, 0.3) is 0 Å². The summed E-state index contributed by atoms with van der Waals surface area (Å²) in [6.45, 7) is 0.502. The molecule has 1 aliphatic heterocycles. The first-order valence-electron chi connectivity index (χ1n) is 7.64. The number of benzene rings is 1. The number of piperidine rings is 1. The van der Waals surface area contributed by atoms with Gasteiger partial charge < -0.3 is 19.7 Å². The van der Waals surface area contributed by atoms with Gasteiger partial charge in [0.05, 0.1) is 14.2 Å². The van der Waals surface area contributed by atoms with Crippen molar-refractivity contribution >= 4 is 11.8 Å². The van der Waals surface area contributed by atoms with Crippen LogP contribution in [0.5, 0.6) is 11.5 Å². The van der Waals surface area contributed by atoms with E-state index in [0.29, 0.717) is 17.1 Å². The molecule has 1 saturated heterocycles. The minimum atomic E-state index is -4.90. The Morgan fingerprint density at radius 1 is 1.08 bits per heavy atom. The molecule has 9 heteroatoms. The third-order valence-electron chi connectivity index (χ3n) is 3.97. The molecule has 0 aliphatic carbocycles. The first kappa shape index (κ1) is 18.9. The predicted molar refractivity (Wildman–Crippen MR) is 82.7 cm³/mol. The Morgan fingerprint density at radius 2 is 1.60 bits per heavy atom. The molecule has 1 fully saturated rings. The molecule has 0 spiro atoms. The van der Waals surface area contributed by atoms with E-state index in [9.17, 15) is 22.8 Å². The quantitative estimate of drug-likeness (QED) is 0.892. The van der Waals surface area contributed by atoms with Crippen molar-refractivity contribution in [3.63, 3.8) is 0 Å². The van der Waals surface area contributed by atoms with Crippen molar-refractivity contribution in [3.8, 4) is 11.5 Å². The van der Waals surface area contributed by atoms with E-state index in [1.54, 1.807) is 18.2 Å². The maximum absolute atomic E-state index is 12.6. The van der Waals surface area contributed by atoms with Gasteiger partial charge in [-0.05, 0) is 25.0 Å². The molecule has 6 nitrogen and oxygen atoms in total. The highest BCUT2D eigenvalue weighted by molar-refractivity contribution is 5.95. The molecule has 1 aliphatic rings. The van der Waals surface area contributed by atoms with Gasteiger partial charge in [-0.25, -0.2) is 0 Å². The van der Waals surface area contributed by atoms with E-state index in [1.165, 1.54) is 19.1 Å². The fraction of sp³-hybridized carbons (Fsp3) is 0.500. The Labute approximate surface area is 142 Å². The molecule has 0 saturated carbocycles. The van der Waals surface area contributed by atoms with Crippen molar-refractivity contribution < 1.29 is 32.2 Å². The van der Waals surface area contributed by atoms with E-state index >= 15 is 0 Å². The predicted octanol–water partition coefficient (Wildman–Crippen LogP) is 1.99. The molecule has 0 aromatic heterocycles. The van der Waals surface area contributed by atoms with Crippen LogP contribution in [0, 0.1) is 0 Å². The first-order chi connectivity index (χ1) is 11.7. The number of hydrogen-bond acceptors (Lipinski definition) is 4. The van der Waals surface area contributed by atoms with Crippen molar-refractivity contribution in [1.82, 2.24) is 10.2 Å². The Bertz CT molecular complexity index is 619. The van der Waals surface area contributed by atoms with Gasteiger partial charge in [-0.15, -0.1) is 0 Å². The monoisotopic (exact) mass is 360 g/mol. The second-order valence-corrected chi connectivity index (χ2v) is 5.64. The number of alkyl halides is 3. The number of hydrogen-bond donors (Lipinski definition) is 1. The highest BCUT2D eigenvalue weighted by atomic mass is 19.4. The van der Waals surface area contributed by atoms with Gasteiger partial charge in [0.1, 0.15) is 11.5 Å². The lowest BCUT2D eigenvalue weighted by atomic mass is 10.0. The molecule has 2 rings (SSSR count). The molecule has 0 atom stereocenters. The van der Waals surface area contributed by atoms with Crippen molar-refractivity contribution in [1.29, 1.82) is 0 Å². The Morgan fingerprint density at radius 3 is 2.04 bits per heavy atom. The lowest BCUT2D eigenvalue weighted by molar-refractivity contribution is -0.174. The van der Waals surface area contributed by atoms with E-state index in [0.717, 1.165) is 0 Å². The van der Waals surface area contributed by atoms with Crippen LogP contribution in [-0.4, -0.2) is 56.2 Å². The van der Waals surface area contributed by atoms with E-state index in [2.05, 4.69) is 0 Å². The van der Waals surface area contributed by atoms with Gasteiger partial charge in [-0.3, -0.25) is 9.59 Å². The summed E-state index contributed by atoms with van der Waals surface area (Å²) in [7, 11) is 2.94. The van der Waals surface area contributed by atoms with Crippen molar-refractivity contribution in [3.05, 3.63) is 23.8 Å². The van der Waals surface area contributed by atoms with Gasteiger partial charge >= 0.3 is 12.1 Å². The van der Waals surface area contributed by atoms with Crippen LogP contribution in [0.4, 0.5) is 13.2 Å². The van der Waals surface area contributed by atoms with Crippen LogP contribution in [0.2, 0.25) is 0 Å². The number of halogens is 3. The molecular weight excluding hydrogens is 341 g/mol. The average Bonchev–Trinajstić information content (AvgIpc) is 2.60. The summed E-state index contributed by atoms with van der Waals surface area (Å²) in [5, 5.41) is 1.95. The maximum Gasteiger partial charge on any atom is 0.471 e. The molecule has 0 unspecified atom stereocenters. The summed E-state index contributed by atoms with van der Waals surface area (Å²) >= 11 is 0. The summed E-state index contributed by atoms with van der Waals surface area (Å²) in [6, 6.07) is 4.18. The number of carbonyl (C=O) groups is 2. The summed E-state index contributed by atoms with van der Waals surface area (Å²) in [4.78, 5) is 25.1. The van der Waals surface area contributed by atoms with Crippen LogP contribution >= 0.6 is 0 Å². The van der Waals surface area contributed by atoms with E-state index in [4.69, 9.17) is 9.47 Å². The summed E-state index contributed by atoms with van der Waals surface area (Å²) < 4.78 is 47.1. The minimum Gasteiger partial charge on any atom is -0.497 e. The molecule has 1 aromatic rings. The third kappa shape index (κ3) is 4.77. The smallest absolute Gasteiger partial charge is 0.471 e. The van der Waals surface area contributed by atoms with E-state index < -0.39 is 18.1 Å². The zero-order valence-electron chi connectivity index (χ0n) is 13.9. The van der Waals surface area contributed by atoms with Crippen LogP contribution in [0.3, 0.4) is 0 Å². The maximum atomic E-state index is 12.6. The lowest BCUT2D eigenvalue weighted by Gasteiger charge is -2.32. The van der Waals surface area contributed by atoms with Crippen molar-refractivity contribution in [2.75, 3.05) is 27.3 Å². The number of rotatable bonds is 4. The van der Waals surface area contributed by atoms with Gasteiger partial charge in [-0.2, -0.15) is 13.2 Å². The number of ether oxygens (including phenoxy) is 2. The average molecular weight is 360 g/mol.